The number of pyridine rings is 1. The van der Waals surface area contributed by atoms with Crippen LogP contribution in [0.25, 0.3) is 5.65 Å². The molecule has 1 saturated carbocycles. The van der Waals surface area contributed by atoms with Gasteiger partial charge in [-0.2, -0.15) is 5.10 Å². The molecular weight excluding hydrogens is 150 g/mol. The van der Waals surface area contributed by atoms with Crippen LogP contribution in [-0.4, -0.2) is 14.6 Å². The van der Waals surface area contributed by atoms with E-state index in [9.17, 15) is 0 Å². The molecule has 0 unspecified atom stereocenters. The van der Waals surface area contributed by atoms with Gasteiger partial charge in [0.05, 0.1) is 0 Å². The van der Waals surface area contributed by atoms with Crippen LogP contribution >= 0.6 is 0 Å². The van der Waals surface area contributed by atoms with Crippen molar-refractivity contribution in [1.82, 2.24) is 14.6 Å². The molecule has 3 rings (SSSR count). The zero-order chi connectivity index (χ0) is 7.97. The van der Waals surface area contributed by atoms with Gasteiger partial charge in [0.1, 0.15) is 6.33 Å². The maximum atomic E-state index is 4.19. The van der Waals surface area contributed by atoms with E-state index < -0.39 is 0 Å². The van der Waals surface area contributed by atoms with Gasteiger partial charge in [-0.15, -0.1) is 0 Å². The number of aromatic nitrogens is 3. The fraction of sp³-hybridized carbons (Fsp3) is 0.333. The highest BCUT2D eigenvalue weighted by molar-refractivity contribution is 5.39. The molecule has 0 amide bonds. The second-order valence-corrected chi connectivity index (χ2v) is 3.25. The lowest BCUT2D eigenvalue weighted by atomic mass is 10.2. The van der Waals surface area contributed by atoms with Gasteiger partial charge in [0.2, 0.25) is 0 Å². The molecule has 0 saturated heterocycles. The normalized spacial score (nSPS) is 17.0. The van der Waals surface area contributed by atoms with Gasteiger partial charge in [0.25, 0.3) is 0 Å². The number of hydrogen-bond donors (Lipinski definition) is 0. The van der Waals surface area contributed by atoms with Crippen molar-refractivity contribution in [2.75, 3.05) is 0 Å². The standard InChI is InChI=1S/C9H9N3/c1-2-8(7-4-5-7)12-9(3-1)10-6-11-12/h1-3,6-7H,4-5H2. The molecule has 0 bridgehead atoms. The smallest absolute Gasteiger partial charge is 0.155 e. The van der Waals surface area contributed by atoms with Crippen molar-refractivity contribution in [3.8, 4) is 0 Å². The molecule has 3 heteroatoms. The van der Waals surface area contributed by atoms with E-state index in [-0.39, 0.29) is 0 Å². The Morgan fingerprint density at radius 3 is 3.08 bits per heavy atom. The molecule has 12 heavy (non-hydrogen) atoms. The predicted molar refractivity (Wildman–Crippen MR) is 45.0 cm³/mol. The molecule has 1 aliphatic rings. The van der Waals surface area contributed by atoms with Crippen molar-refractivity contribution in [1.29, 1.82) is 0 Å². The van der Waals surface area contributed by atoms with E-state index in [2.05, 4.69) is 22.2 Å². The molecule has 0 radical (unpaired) electrons. The summed E-state index contributed by atoms with van der Waals surface area (Å²) in [7, 11) is 0. The Bertz CT molecular complexity index is 414. The third-order valence-electron chi connectivity index (χ3n) is 2.33. The van der Waals surface area contributed by atoms with Gasteiger partial charge in [0, 0.05) is 11.6 Å². The first kappa shape index (κ1) is 6.17. The van der Waals surface area contributed by atoms with Crippen molar-refractivity contribution in [3.63, 3.8) is 0 Å². The van der Waals surface area contributed by atoms with Crippen LogP contribution in [-0.2, 0) is 0 Å². The fourth-order valence-corrected chi connectivity index (χ4v) is 1.55. The minimum Gasteiger partial charge on any atom is -0.218 e. The Labute approximate surface area is 70.0 Å². The summed E-state index contributed by atoms with van der Waals surface area (Å²) in [4.78, 5) is 4.14. The highest BCUT2D eigenvalue weighted by Crippen LogP contribution is 2.39. The Kier molecular flexibility index (Phi) is 1.06. The van der Waals surface area contributed by atoms with E-state index in [1.54, 1.807) is 6.33 Å². The maximum Gasteiger partial charge on any atom is 0.155 e. The molecule has 1 aliphatic carbocycles. The van der Waals surface area contributed by atoms with E-state index in [4.69, 9.17) is 0 Å². The third-order valence-corrected chi connectivity index (χ3v) is 2.33. The predicted octanol–water partition coefficient (Wildman–Crippen LogP) is 1.61. The molecule has 0 atom stereocenters. The van der Waals surface area contributed by atoms with E-state index in [1.807, 2.05) is 10.6 Å². The van der Waals surface area contributed by atoms with Crippen LogP contribution in [0.4, 0.5) is 0 Å². The van der Waals surface area contributed by atoms with Crippen molar-refractivity contribution in [2.24, 2.45) is 0 Å². The Morgan fingerprint density at radius 2 is 2.25 bits per heavy atom. The lowest BCUT2D eigenvalue weighted by Gasteiger charge is -1.99. The van der Waals surface area contributed by atoms with E-state index in [0.29, 0.717) is 0 Å². The molecule has 1 fully saturated rings. The SMILES string of the molecule is c1cc(C2CC2)n2ncnc2c1. The highest BCUT2D eigenvalue weighted by atomic mass is 15.3. The zero-order valence-corrected chi connectivity index (χ0v) is 6.64. The summed E-state index contributed by atoms with van der Waals surface area (Å²) in [6.45, 7) is 0. The largest absolute Gasteiger partial charge is 0.218 e. The molecular formula is C9H9N3. The summed E-state index contributed by atoms with van der Waals surface area (Å²) in [5.74, 6) is 0.732. The van der Waals surface area contributed by atoms with Gasteiger partial charge in [-0.25, -0.2) is 9.50 Å². The first-order valence-electron chi connectivity index (χ1n) is 4.24. The van der Waals surface area contributed by atoms with E-state index in [1.165, 1.54) is 18.5 Å². The van der Waals surface area contributed by atoms with E-state index in [0.717, 1.165) is 11.6 Å². The quantitative estimate of drug-likeness (QED) is 0.632. The highest BCUT2D eigenvalue weighted by Gasteiger charge is 2.26. The first-order valence-corrected chi connectivity index (χ1v) is 4.24. The van der Waals surface area contributed by atoms with Crippen LogP contribution in [0.5, 0.6) is 0 Å². The summed E-state index contributed by atoms with van der Waals surface area (Å²) >= 11 is 0. The first-order chi connectivity index (χ1) is 5.95. The summed E-state index contributed by atoms with van der Waals surface area (Å²) in [5.41, 5.74) is 2.27. The Morgan fingerprint density at radius 1 is 1.33 bits per heavy atom. The molecule has 0 N–H and O–H groups in total. The molecule has 0 aliphatic heterocycles. The number of nitrogens with zero attached hydrogens (tertiary/aromatic N) is 3. The summed E-state index contributed by atoms with van der Waals surface area (Å²) in [6, 6.07) is 6.18. The lowest BCUT2D eigenvalue weighted by Crippen LogP contribution is -1.95. The van der Waals surface area contributed by atoms with Crippen LogP contribution < -0.4 is 0 Å². The molecule has 0 spiro atoms. The Hall–Kier alpha value is -1.38. The number of fused-ring (bicyclic) bond motifs is 1. The second-order valence-electron chi connectivity index (χ2n) is 3.25. The Balaban J connectivity index is 2.32. The van der Waals surface area contributed by atoms with Gasteiger partial charge < -0.3 is 0 Å². The van der Waals surface area contributed by atoms with Crippen LogP contribution in [0.3, 0.4) is 0 Å². The lowest BCUT2D eigenvalue weighted by molar-refractivity contribution is 0.857. The molecule has 3 nitrogen and oxygen atoms in total. The average Bonchev–Trinajstić information content (AvgIpc) is 2.82. The molecule has 0 aromatic carbocycles. The molecule has 60 valence electrons. The van der Waals surface area contributed by atoms with Crippen LogP contribution in [0.1, 0.15) is 24.5 Å². The van der Waals surface area contributed by atoms with Crippen LogP contribution in [0.15, 0.2) is 24.5 Å². The van der Waals surface area contributed by atoms with Crippen LogP contribution in [0.2, 0.25) is 0 Å². The van der Waals surface area contributed by atoms with Crippen molar-refractivity contribution in [3.05, 3.63) is 30.2 Å². The minimum atomic E-state index is 0.732. The summed E-state index contributed by atoms with van der Waals surface area (Å²) in [6.07, 6.45) is 4.22. The fourth-order valence-electron chi connectivity index (χ4n) is 1.55. The zero-order valence-electron chi connectivity index (χ0n) is 6.64. The number of hydrogen-bond acceptors (Lipinski definition) is 2. The molecule has 2 heterocycles. The maximum absolute atomic E-state index is 4.19. The van der Waals surface area contributed by atoms with Crippen molar-refractivity contribution < 1.29 is 0 Å². The topological polar surface area (TPSA) is 30.2 Å². The van der Waals surface area contributed by atoms with Crippen LogP contribution in [0, 0.1) is 0 Å². The van der Waals surface area contributed by atoms with Crippen molar-refractivity contribution in [2.45, 2.75) is 18.8 Å². The number of rotatable bonds is 1. The second kappa shape index (κ2) is 2.06. The average molecular weight is 159 g/mol. The van der Waals surface area contributed by atoms with E-state index >= 15 is 0 Å². The molecule has 2 aromatic heterocycles. The monoisotopic (exact) mass is 159 g/mol. The third kappa shape index (κ3) is 0.763. The van der Waals surface area contributed by atoms with Crippen molar-refractivity contribution >= 4 is 5.65 Å². The van der Waals surface area contributed by atoms with Gasteiger partial charge in [-0.05, 0) is 25.0 Å². The summed E-state index contributed by atoms with van der Waals surface area (Å²) in [5, 5.41) is 4.19. The van der Waals surface area contributed by atoms with Gasteiger partial charge in [-0.1, -0.05) is 6.07 Å². The molecule has 2 aromatic rings. The van der Waals surface area contributed by atoms with Gasteiger partial charge in [-0.3, -0.25) is 0 Å². The van der Waals surface area contributed by atoms with Gasteiger partial charge in [0.15, 0.2) is 5.65 Å². The summed E-state index contributed by atoms with van der Waals surface area (Å²) < 4.78 is 1.94. The van der Waals surface area contributed by atoms with Gasteiger partial charge >= 0.3 is 0 Å². The minimum absolute atomic E-state index is 0.732.